The summed E-state index contributed by atoms with van der Waals surface area (Å²) in [4.78, 5) is 20.8. The summed E-state index contributed by atoms with van der Waals surface area (Å²) in [7, 11) is 0. The summed E-state index contributed by atoms with van der Waals surface area (Å²) < 4.78 is 0. The largest absolute Gasteiger partial charge is 0.292 e. The fraction of sp³-hybridized carbons (Fsp3) is 0.214. The molecule has 0 radical (unpaired) electrons. The van der Waals surface area contributed by atoms with Gasteiger partial charge in [-0.05, 0) is 36.6 Å². The SMILES string of the molecule is O=C(c1ccccn1)C1CCc2cccnc21. The number of Topliss-reactive ketones (excluding diaryl/α,β-unsaturated/α-hetero) is 1. The van der Waals surface area contributed by atoms with Crippen LogP contribution >= 0.6 is 0 Å². The van der Waals surface area contributed by atoms with E-state index in [0.29, 0.717) is 5.69 Å². The second-order valence-corrected chi connectivity index (χ2v) is 4.22. The number of pyridine rings is 2. The van der Waals surface area contributed by atoms with Crippen LogP contribution in [-0.2, 0) is 6.42 Å². The molecule has 2 aromatic rings. The number of aryl methyl sites for hydroxylation is 1. The highest BCUT2D eigenvalue weighted by molar-refractivity contribution is 5.99. The van der Waals surface area contributed by atoms with E-state index >= 15 is 0 Å². The van der Waals surface area contributed by atoms with Crippen molar-refractivity contribution >= 4 is 5.78 Å². The number of aromatic nitrogens is 2. The zero-order valence-electron chi connectivity index (χ0n) is 9.34. The molecule has 3 nitrogen and oxygen atoms in total. The van der Waals surface area contributed by atoms with E-state index in [2.05, 4.69) is 9.97 Å². The summed E-state index contributed by atoms with van der Waals surface area (Å²) in [6, 6.07) is 9.40. The molecular weight excluding hydrogens is 212 g/mol. The van der Waals surface area contributed by atoms with E-state index < -0.39 is 0 Å². The number of carbonyl (C=O) groups is 1. The van der Waals surface area contributed by atoms with Gasteiger partial charge in [0.1, 0.15) is 5.69 Å². The van der Waals surface area contributed by atoms with Crippen LogP contribution in [0.3, 0.4) is 0 Å². The van der Waals surface area contributed by atoms with Gasteiger partial charge in [-0.1, -0.05) is 12.1 Å². The standard InChI is InChI=1S/C14H12N2O/c17-14(12-5-1-2-8-15-12)11-7-6-10-4-3-9-16-13(10)11/h1-5,8-9,11H,6-7H2. The van der Waals surface area contributed by atoms with Gasteiger partial charge in [-0.2, -0.15) is 0 Å². The molecule has 0 bridgehead atoms. The van der Waals surface area contributed by atoms with Crippen molar-refractivity contribution in [1.29, 1.82) is 0 Å². The molecule has 3 rings (SSSR count). The molecule has 17 heavy (non-hydrogen) atoms. The Morgan fingerprint density at radius 1 is 1.12 bits per heavy atom. The first kappa shape index (κ1) is 10.1. The molecule has 0 saturated heterocycles. The lowest BCUT2D eigenvalue weighted by Crippen LogP contribution is -2.12. The lowest BCUT2D eigenvalue weighted by atomic mass is 9.98. The predicted molar refractivity (Wildman–Crippen MR) is 63.9 cm³/mol. The van der Waals surface area contributed by atoms with Crippen molar-refractivity contribution in [3.8, 4) is 0 Å². The van der Waals surface area contributed by atoms with Crippen LogP contribution < -0.4 is 0 Å². The van der Waals surface area contributed by atoms with Crippen LogP contribution in [0.25, 0.3) is 0 Å². The average molecular weight is 224 g/mol. The summed E-state index contributed by atoms with van der Waals surface area (Å²) in [5, 5.41) is 0. The van der Waals surface area contributed by atoms with E-state index in [1.54, 1.807) is 18.5 Å². The maximum atomic E-state index is 12.3. The third-order valence-electron chi connectivity index (χ3n) is 3.19. The molecule has 0 spiro atoms. The lowest BCUT2D eigenvalue weighted by Gasteiger charge is -2.08. The number of carbonyl (C=O) groups excluding carboxylic acids is 1. The fourth-order valence-electron chi connectivity index (χ4n) is 2.35. The molecule has 2 aromatic heterocycles. The van der Waals surface area contributed by atoms with Gasteiger partial charge in [-0.15, -0.1) is 0 Å². The Kier molecular flexibility index (Phi) is 2.44. The third-order valence-corrected chi connectivity index (χ3v) is 3.19. The van der Waals surface area contributed by atoms with Crippen molar-refractivity contribution in [1.82, 2.24) is 9.97 Å². The first-order chi connectivity index (χ1) is 8.36. The van der Waals surface area contributed by atoms with Gasteiger partial charge >= 0.3 is 0 Å². The summed E-state index contributed by atoms with van der Waals surface area (Å²) in [5.41, 5.74) is 2.67. The van der Waals surface area contributed by atoms with Gasteiger partial charge in [-0.3, -0.25) is 14.8 Å². The van der Waals surface area contributed by atoms with Gasteiger partial charge in [0.05, 0.1) is 11.6 Å². The smallest absolute Gasteiger partial charge is 0.190 e. The number of hydrogen-bond acceptors (Lipinski definition) is 3. The maximum absolute atomic E-state index is 12.3. The molecule has 1 unspecified atom stereocenters. The number of fused-ring (bicyclic) bond motifs is 1. The lowest BCUT2D eigenvalue weighted by molar-refractivity contribution is 0.0953. The van der Waals surface area contributed by atoms with E-state index in [0.717, 1.165) is 18.5 Å². The van der Waals surface area contributed by atoms with Crippen LogP contribution in [0.15, 0.2) is 42.7 Å². The molecule has 3 heteroatoms. The normalized spacial score (nSPS) is 17.8. The molecule has 0 saturated carbocycles. The van der Waals surface area contributed by atoms with Gasteiger partial charge < -0.3 is 0 Å². The summed E-state index contributed by atoms with van der Waals surface area (Å²) >= 11 is 0. The molecule has 84 valence electrons. The van der Waals surface area contributed by atoms with Crippen molar-refractivity contribution in [3.05, 3.63) is 59.7 Å². The topological polar surface area (TPSA) is 42.9 Å². The highest BCUT2D eigenvalue weighted by Gasteiger charge is 2.30. The van der Waals surface area contributed by atoms with Crippen molar-refractivity contribution < 1.29 is 4.79 Å². The molecular formula is C14H12N2O. The Bertz CT molecular complexity index is 551. The first-order valence-corrected chi connectivity index (χ1v) is 5.75. The molecule has 1 atom stereocenters. The second-order valence-electron chi connectivity index (χ2n) is 4.22. The fourth-order valence-corrected chi connectivity index (χ4v) is 2.35. The summed E-state index contributed by atoms with van der Waals surface area (Å²) in [6.45, 7) is 0. The van der Waals surface area contributed by atoms with Crippen molar-refractivity contribution in [3.63, 3.8) is 0 Å². The average Bonchev–Trinajstić information content (AvgIpc) is 2.83. The van der Waals surface area contributed by atoms with Crippen LogP contribution in [0.2, 0.25) is 0 Å². The van der Waals surface area contributed by atoms with Gasteiger partial charge in [0.2, 0.25) is 0 Å². The van der Waals surface area contributed by atoms with E-state index in [9.17, 15) is 4.79 Å². The van der Waals surface area contributed by atoms with Crippen LogP contribution in [0, 0.1) is 0 Å². The predicted octanol–water partition coefficient (Wildman–Crippen LogP) is 2.39. The minimum atomic E-state index is -0.110. The van der Waals surface area contributed by atoms with E-state index in [1.165, 1.54) is 5.56 Å². The maximum Gasteiger partial charge on any atom is 0.190 e. The van der Waals surface area contributed by atoms with Gasteiger partial charge in [0, 0.05) is 12.4 Å². The highest BCUT2D eigenvalue weighted by atomic mass is 16.1. The van der Waals surface area contributed by atoms with E-state index in [4.69, 9.17) is 0 Å². The van der Waals surface area contributed by atoms with Crippen LogP contribution in [-0.4, -0.2) is 15.8 Å². The monoisotopic (exact) mass is 224 g/mol. The van der Waals surface area contributed by atoms with E-state index in [-0.39, 0.29) is 11.7 Å². The zero-order valence-corrected chi connectivity index (χ0v) is 9.34. The number of hydrogen-bond donors (Lipinski definition) is 0. The number of nitrogens with zero attached hydrogens (tertiary/aromatic N) is 2. The minimum absolute atomic E-state index is 0.0862. The third kappa shape index (κ3) is 1.73. The Balaban J connectivity index is 1.95. The van der Waals surface area contributed by atoms with Gasteiger partial charge in [0.25, 0.3) is 0 Å². The number of rotatable bonds is 2. The second kappa shape index (κ2) is 4.09. The first-order valence-electron chi connectivity index (χ1n) is 5.75. The Labute approximate surface area is 99.5 Å². The molecule has 1 aliphatic carbocycles. The molecule has 0 amide bonds. The number of ketones is 1. The molecule has 1 aliphatic rings. The Morgan fingerprint density at radius 2 is 2.00 bits per heavy atom. The highest BCUT2D eigenvalue weighted by Crippen LogP contribution is 2.33. The minimum Gasteiger partial charge on any atom is -0.292 e. The quantitative estimate of drug-likeness (QED) is 0.735. The molecule has 0 fully saturated rings. The Morgan fingerprint density at radius 3 is 2.82 bits per heavy atom. The van der Waals surface area contributed by atoms with Crippen LogP contribution in [0.5, 0.6) is 0 Å². The van der Waals surface area contributed by atoms with E-state index in [1.807, 2.05) is 24.3 Å². The molecule has 0 N–H and O–H groups in total. The summed E-state index contributed by atoms with van der Waals surface area (Å²) in [5.74, 6) is -0.0239. The Hall–Kier alpha value is -2.03. The van der Waals surface area contributed by atoms with Crippen LogP contribution in [0.1, 0.15) is 34.1 Å². The van der Waals surface area contributed by atoms with Crippen LogP contribution in [0.4, 0.5) is 0 Å². The van der Waals surface area contributed by atoms with Gasteiger partial charge in [0.15, 0.2) is 5.78 Å². The molecule has 0 aromatic carbocycles. The van der Waals surface area contributed by atoms with Crippen molar-refractivity contribution in [2.45, 2.75) is 18.8 Å². The van der Waals surface area contributed by atoms with Crippen molar-refractivity contribution in [2.75, 3.05) is 0 Å². The van der Waals surface area contributed by atoms with Crippen molar-refractivity contribution in [2.24, 2.45) is 0 Å². The van der Waals surface area contributed by atoms with Gasteiger partial charge in [-0.25, -0.2) is 0 Å². The zero-order chi connectivity index (χ0) is 11.7. The molecule has 2 heterocycles. The summed E-state index contributed by atoms with van der Waals surface area (Å²) in [6.07, 6.45) is 5.19. The molecule has 0 aliphatic heterocycles.